The molecule has 2 rings (SSSR count). The largest absolute Gasteiger partial charge is 0.477 e. The first-order valence-corrected chi connectivity index (χ1v) is 5.17. The second-order valence-corrected chi connectivity index (χ2v) is 3.53. The normalized spacial score (nSPS) is 9.89. The summed E-state index contributed by atoms with van der Waals surface area (Å²) in [4.78, 5) is 24.7. The lowest BCUT2D eigenvalue weighted by Gasteiger charge is -2.07. The number of non-ortho nitro benzene ring substituents is 1. The minimum Gasteiger partial charge on any atom is -0.477 e. The van der Waals surface area contributed by atoms with E-state index in [1.54, 1.807) is 0 Å². The molecule has 0 atom stereocenters. The van der Waals surface area contributed by atoms with E-state index in [4.69, 9.17) is 9.84 Å². The molecule has 0 radical (unpaired) electrons. The summed E-state index contributed by atoms with van der Waals surface area (Å²) in [6.07, 6.45) is 2.52. The van der Waals surface area contributed by atoms with Crippen LogP contribution < -0.4 is 4.74 Å². The monoisotopic (exact) mass is 260 g/mol. The first-order valence-electron chi connectivity index (χ1n) is 5.17. The molecule has 0 unspecified atom stereocenters. The average Bonchev–Trinajstić information content (AvgIpc) is 2.39. The van der Waals surface area contributed by atoms with Gasteiger partial charge in [-0.1, -0.05) is 6.07 Å². The zero-order valence-electron chi connectivity index (χ0n) is 9.52. The van der Waals surface area contributed by atoms with E-state index in [-0.39, 0.29) is 22.7 Å². The molecule has 0 bridgehead atoms. The molecule has 7 heteroatoms. The maximum Gasteiger partial charge on any atom is 0.341 e. The number of nitro groups is 1. The molecular weight excluding hydrogens is 252 g/mol. The lowest BCUT2D eigenvalue weighted by atomic mass is 10.2. The van der Waals surface area contributed by atoms with Crippen LogP contribution in [0.2, 0.25) is 0 Å². The Hall–Kier alpha value is -2.96. The van der Waals surface area contributed by atoms with Gasteiger partial charge >= 0.3 is 5.97 Å². The van der Waals surface area contributed by atoms with Gasteiger partial charge in [-0.05, 0) is 6.07 Å². The molecule has 1 heterocycles. The zero-order chi connectivity index (χ0) is 13.8. The number of benzene rings is 1. The maximum absolute atomic E-state index is 11.0. The van der Waals surface area contributed by atoms with Crippen molar-refractivity contribution in [1.82, 2.24) is 4.98 Å². The summed E-state index contributed by atoms with van der Waals surface area (Å²) in [7, 11) is 0. The average molecular weight is 260 g/mol. The Kier molecular flexibility index (Phi) is 3.37. The molecule has 0 aliphatic rings. The minimum atomic E-state index is -1.19. The van der Waals surface area contributed by atoms with Crippen LogP contribution in [0.15, 0.2) is 42.7 Å². The van der Waals surface area contributed by atoms with Crippen molar-refractivity contribution in [3.8, 4) is 11.5 Å². The predicted octanol–water partition coefficient (Wildman–Crippen LogP) is 2.48. The highest BCUT2D eigenvalue weighted by Gasteiger charge is 2.13. The van der Waals surface area contributed by atoms with Gasteiger partial charge in [0.25, 0.3) is 5.69 Å². The van der Waals surface area contributed by atoms with Crippen LogP contribution in [0.25, 0.3) is 0 Å². The third-order valence-electron chi connectivity index (χ3n) is 2.27. The number of pyridine rings is 1. The van der Waals surface area contributed by atoms with Gasteiger partial charge < -0.3 is 9.84 Å². The van der Waals surface area contributed by atoms with Crippen LogP contribution >= 0.6 is 0 Å². The van der Waals surface area contributed by atoms with E-state index < -0.39 is 10.9 Å². The summed E-state index contributed by atoms with van der Waals surface area (Å²) in [5, 5.41) is 19.6. The van der Waals surface area contributed by atoms with E-state index in [1.807, 2.05) is 0 Å². The van der Waals surface area contributed by atoms with Gasteiger partial charge in [0.05, 0.1) is 11.0 Å². The van der Waals surface area contributed by atoms with Crippen molar-refractivity contribution in [3.05, 3.63) is 58.4 Å². The zero-order valence-corrected chi connectivity index (χ0v) is 9.52. The van der Waals surface area contributed by atoms with Crippen LogP contribution in [0, 0.1) is 10.1 Å². The fraction of sp³-hybridized carbons (Fsp3) is 0. The van der Waals surface area contributed by atoms with Crippen molar-refractivity contribution in [1.29, 1.82) is 0 Å². The molecule has 19 heavy (non-hydrogen) atoms. The van der Waals surface area contributed by atoms with Crippen molar-refractivity contribution < 1.29 is 19.6 Å². The van der Waals surface area contributed by atoms with Gasteiger partial charge in [-0.15, -0.1) is 0 Å². The van der Waals surface area contributed by atoms with E-state index in [2.05, 4.69) is 4.98 Å². The van der Waals surface area contributed by atoms with Crippen LogP contribution in [0.4, 0.5) is 5.69 Å². The molecule has 96 valence electrons. The minimum absolute atomic E-state index is 0.0722. The number of nitrogens with zero attached hydrogens (tertiary/aromatic N) is 2. The lowest BCUT2D eigenvalue weighted by molar-refractivity contribution is -0.384. The van der Waals surface area contributed by atoms with Crippen LogP contribution in [0.5, 0.6) is 11.5 Å². The number of nitro benzene ring substituents is 1. The molecule has 0 fully saturated rings. The molecular formula is C12H8N2O5. The van der Waals surface area contributed by atoms with E-state index in [1.165, 1.54) is 36.5 Å². The van der Waals surface area contributed by atoms with Crippen LogP contribution in [-0.4, -0.2) is 21.0 Å². The van der Waals surface area contributed by atoms with E-state index in [0.717, 1.165) is 6.20 Å². The summed E-state index contributed by atoms with van der Waals surface area (Å²) in [5.74, 6) is -0.931. The smallest absolute Gasteiger partial charge is 0.341 e. The van der Waals surface area contributed by atoms with Crippen molar-refractivity contribution >= 4 is 11.7 Å². The summed E-state index contributed by atoms with van der Waals surface area (Å²) in [6.45, 7) is 0. The second kappa shape index (κ2) is 5.13. The molecule has 0 aliphatic heterocycles. The van der Waals surface area contributed by atoms with Crippen molar-refractivity contribution in [2.45, 2.75) is 0 Å². The first-order chi connectivity index (χ1) is 9.08. The van der Waals surface area contributed by atoms with Crippen molar-refractivity contribution in [3.63, 3.8) is 0 Å². The van der Waals surface area contributed by atoms with Crippen molar-refractivity contribution in [2.75, 3.05) is 0 Å². The van der Waals surface area contributed by atoms with Gasteiger partial charge in [0.2, 0.25) is 0 Å². The molecule has 1 aromatic heterocycles. The standard InChI is InChI=1S/C12H8N2O5/c15-12(16)10-7-13-5-4-11(10)19-9-3-1-2-8(6-9)14(17)18/h1-7H,(H,15,16). The molecule has 1 aromatic carbocycles. The number of ether oxygens (including phenoxy) is 1. The Bertz CT molecular complexity index is 642. The molecule has 0 saturated carbocycles. The number of hydrogen-bond donors (Lipinski definition) is 1. The number of aromatic nitrogens is 1. The van der Waals surface area contributed by atoms with Gasteiger partial charge in [-0.2, -0.15) is 0 Å². The molecule has 0 amide bonds. The molecule has 0 saturated heterocycles. The first kappa shape index (κ1) is 12.5. The van der Waals surface area contributed by atoms with Crippen LogP contribution in [0.3, 0.4) is 0 Å². The fourth-order valence-corrected chi connectivity index (χ4v) is 1.42. The summed E-state index contributed by atoms with van der Waals surface area (Å²) in [5.41, 5.74) is -0.252. The van der Waals surface area contributed by atoms with Gasteiger partial charge in [-0.25, -0.2) is 4.79 Å². The van der Waals surface area contributed by atoms with E-state index >= 15 is 0 Å². The lowest BCUT2D eigenvalue weighted by Crippen LogP contribution is -2.00. The summed E-state index contributed by atoms with van der Waals surface area (Å²) >= 11 is 0. The molecule has 0 aliphatic carbocycles. The molecule has 1 N–H and O–H groups in total. The number of carbonyl (C=O) groups is 1. The summed E-state index contributed by atoms with van der Waals surface area (Å²) in [6, 6.07) is 6.86. The third kappa shape index (κ3) is 2.83. The predicted molar refractivity (Wildman–Crippen MR) is 64.4 cm³/mol. The maximum atomic E-state index is 11.0. The van der Waals surface area contributed by atoms with Crippen molar-refractivity contribution in [2.24, 2.45) is 0 Å². The number of hydrogen-bond acceptors (Lipinski definition) is 5. The SMILES string of the molecule is O=C(O)c1cnccc1Oc1cccc([N+](=O)[O-])c1. The molecule has 7 nitrogen and oxygen atoms in total. The number of carboxylic acids is 1. The second-order valence-electron chi connectivity index (χ2n) is 3.53. The van der Waals surface area contributed by atoms with E-state index in [9.17, 15) is 14.9 Å². The fourth-order valence-electron chi connectivity index (χ4n) is 1.42. The van der Waals surface area contributed by atoms with Gasteiger partial charge in [0, 0.05) is 24.5 Å². The van der Waals surface area contributed by atoms with Gasteiger partial charge in [0.1, 0.15) is 17.1 Å². The highest BCUT2D eigenvalue weighted by atomic mass is 16.6. The highest BCUT2D eigenvalue weighted by Crippen LogP contribution is 2.27. The Morgan fingerprint density at radius 2 is 2.16 bits per heavy atom. The van der Waals surface area contributed by atoms with Crippen LogP contribution in [-0.2, 0) is 0 Å². The molecule has 2 aromatic rings. The summed E-state index contributed by atoms with van der Waals surface area (Å²) < 4.78 is 5.34. The molecule has 0 spiro atoms. The van der Waals surface area contributed by atoms with Crippen LogP contribution in [0.1, 0.15) is 10.4 Å². The van der Waals surface area contributed by atoms with Gasteiger partial charge in [-0.3, -0.25) is 15.1 Å². The number of carboxylic acid groups (broad SMARTS) is 1. The quantitative estimate of drug-likeness (QED) is 0.669. The third-order valence-corrected chi connectivity index (χ3v) is 2.27. The Morgan fingerprint density at radius 1 is 1.37 bits per heavy atom. The number of rotatable bonds is 4. The Balaban J connectivity index is 2.34. The Morgan fingerprint density at radius 3 is 2.84 bits per heavy atom. The topological polar surface area (TPSA) is 103 Å². The highest BCUT2D eigenvalue weighted by molar-refractivity contribution is 5.90. The number of aromatic carboxylic acids is 1. The van der Waals surface area contributed by atoms with E-state index in [0.29, 0.717) is 0 Å². The van der Waals surface area contributed by atoms with Gasteiger partial charge in [0.15, 0.2) is 0 Å². The Labute approximate surface area is 107 Å².